The normalized spacial score (nSPS) is 12.4. The molecule has 1 N–H and O–H groups in total. The first-order chi connectivity index (χ1) is 7.91. The molecule has 3 heteroatoms. The van der Waals surface area contributed by atoms with Crippen molar-refractivity contribution < 1.29 is 0 Å². The van der Waals surface area contributed by atoms with E-state index in [0.717, 1.165) is 25.4 Å². The van der Waals surface area contributed by atoms with Gasteiger partial charge in [-0.05, 0) is 64.6 Å². The fourth-order valence-corrected chi connectivity index (χ4v) is 3.54. The molecular formula is C14H24BrNS. The molecule has 0 saturated carbocycles. The lowest BCUT2D eigenvalue weighted by molar-refractivity contribution is 0.324. The minimum Gasteiger partial charge on any atom is -0.316 e. The van der Waals surface area contributed by atoms with Crippen LogP contribution in [0.15, 0.2) is 15.9 Å². The standard InChI is InChI=1S/C14H24BrNS/c1-11(2)10-16-7-6-14(3,4)9-13-12(15)5-8-17-13/h5,8,11,16H,6-7,9-10H2,1-4H3. The highest BCUT2D eigenvalue weighted by molar-refractivity contribution is 9.10. The van der Waals surface area contributed by atoms with Crippen LogP contribution in [0.25, 0.3) is 0 Å². The van der Waals surface area contributed by atoms with Gasteiger partial charge in [-0.3, -0.25) is 0 Å². The lowest BCUT2D eigenvalue weighted by Crippen LogP contribution is -2.26. The van der Waals surface area contributed by atoms with Crippen molar-refractivity contribution in [1.82, 2.24) is 5.32 Å². The largest absolute Gasteiger partial charge is 0.316 e. The molecule has 0 aliphatic heterocycles. The summed E-state index contributed by atoms with van der Waals surface area (Å²) in [5, 5.41) is 5.69. The van der Waals surface area contributed by atoms with E-state index in [4.69, 9.17) is 0 Å². The second-order valence-electron chi connectivity index (χ2n) is 5.88. The number of hydrogen-bond donors (Lipinski definition) is 1. The molecule has 0 bridgehead atoms. The Balaban J connectivity index is 2.33. The van der Waals surface area contributed by atoms with Gasteiger partial charge in [-0.25, -0.2) is 0 Å². The van der Waals surface area contributed by atoms with E-state index < -0.39 is 0 Å². The number of nitrogens with one attached hydrogen (secondary N) is 1. The molecule has 0 amide bonds. The fourth-order valence-electron chi connectivity index (χ4n) is 1.79. The summed E-state index contributed by atoms with van der Waals surface area (Å²) in [5.74, 6) is 0.740. The molecule has 1 nitrogen and oxygen atoms in total. The van der Waals surface area contributed by atoms with Crippen LogP contribution in [0.5, 0.6) is 0 Å². The summed E-state index contributed by atoms with van der Waals surface area (Å²) in [7, 11) is 0. The van der Waals surface area contributed by atoms with Gasteiger partial charge < -0.3 is 5.32 Å². The minimum atomic E-state index is 0.372. The van der Waals surface area contributed by atoms with Gasteiger partial charge in [0.15, 0.2) is 0 Å². The Morgan fingerprint density at radius 2 is 2.12 bits per heavy atom. The molecule has 1 rings (SSSR count). The molecule has 0 atom stereocenters. The van der Waals surface area contributed by atoms with E-state index in [1.165, 1.54) is 15.8 Å². The van der Waals surface area contributed by atoms with Crippen LogP contribution in [0.2, 0.25) is 0 Å². The summed E-state index contributed by atoms with van der Waals surface area (Å²) >= 11 is 5.47. The molecule has 0 unspecified atom stereocenters. The molecule has 0 saturated heterocycles. The van der Waals surface area contributed by atoms with E-state index in [0.29, 0.717) is 5.41 Å². The van der Waals surface area contributed by atoms with Crippen LogP contribution >= 0.6 is 27.3 Å². The molecule has 0 fully saturated rings. The summed E-state index contributed by atoms with van der Waals surface area (Å²) in [5.41, 5.74) is 0.372. The maximum absolute atomic E-state index is 3.61. The van der Waals surface area contributed by atoms with Crippen molar-refractivity contribution in [2.24, 2.45) is 11.3 Å². The van der Waals surface area contributed by atoms with Gasteiger partial charge in [0.25, 0.3) is 0 Å². The number of halogens is 1. The molecule has 0 spiro atoms. The van der Waals surface area contributed by atoms with Crippen LogP contribution in [0.1, 0.15) is 39.0 Å². The molecule has 98 valence electrons. The Morgan fingerprint density at radius 3 is 2.65 bits per heavy atom. The first-order valence-electron chi connectivity index (χ1n) is 6.33. The van der Waals surface area contributed by atoms with Crippen molar-refractivity contribution in [2.75, 3.05) is 13.1 Å². The lowest BCUT2D eigenvalue weighted by atomic mass is 9.85. The van der Waals surface area contributed by atoms with Crippen LogP contribution in [-0.2, 0) is 6.42 Å². The van der Waals surface area contributed by atoms with Gasteiger partial charge in [0.2, 0.25) is 0 Å². The maximum atomic E-state index is 3.61. The predicted octanol–water partition coefficient (Wildman–Crippen LogP) is 4.72. The third-order valence-electron chi connectivity index (χ3n) is 2.86. The van der Waals surface area contributed by atoms with Crippen LogP contribution in [0, 0.1) is 11.3 Å². The van der Waals surface area contributed by atoms with Crippen molar-refractivity contribution in [1.29, 1.82) is 0 Å². The summed E-state index contributed by atoms with van der Waals surface area (Å²) in [6.45, 7) is 11.5. The van der Waals surface area contributed by atoms with Crippen LogP contribution in [-0.4, -0.2) is 13.1 Å². The first kappa shape index (κ1) is 15.2. The van der Waals surface area contributed by atoms with Crippen molar-refractivity contribution in [2.45, 2.75) is 40.5 Å². The zero-order chi connectivity index (χ0) is 12.9. The summed E-state index contributed by atoms with van der Waals surface area (Å²) in [6.07, 6.45) is 2.39. The molecule has 1 aromatic rings. The van der Waals surface area contributed by atoms with Crippen molar-refractivity contribution in [3.63, 3.8) is 0 Å². The quantitative estimate of drug-likeness (QED) is 0.718. The molecular weight excluding hydrogens is 294 g/mol. The molecule has 0 aliphatic carbocycles. The van der Waals surface area contributed by atoms with Gasteiger partial charge in [0, 0.05) is 9.35 Å². The van der Waals surface area contributed by atoms with E-state index >= 15 is 0 Å². The Kier molecular flexibility index (Phi) is 6.18. The van der Waals surface area contributed by atoms with E-state index in [9.17, 15) is 0 Å². The van der Waals surface area contributed by atoms with Gasteiger partial charge in [0.1, 0.15) is 0 Å². The average molecular weight is 318 g/mol. The Bertz CT molecular complexity index is 331. The molecule has 0 radical (unpaired) electrons. The molecule has 1 heterocycles. The first-order valence-corrected chi connectivity index (χ1v) is 8.00. The van der Waals surface area contributed by atoms with Gasteiger partial charge in [-0.2, -0.15) is 0 Å². The molecule has 17 heavy (non-hydrogen) atoms. The van der Waals surface area contributed by atoms with E-state index in [1.807, 2.05) is 11.3 Å². The van der Waals surface area contributed by atoms with Crippen LogP contribution in [0.3, 0.4) is 0 Å². The van der Waals surface area contributed by atoms with Crippen molar-refractivity contribution in [3.05, 3.63) is 20.8 Å². The zero-order valence-electron chi connectivity index (χ0n) is 11.3. The summed E-state index contributed by atoms with van der Waals surface area (Å²) < 4.78 is 1.27. The van der Waals surface area contributed by atoms with Crippen LogP contribution < -0.4 is 5.32 Å². The predicted molar refractivity (Wildman–Crippen MR) is 81.8 cm³/mol. The fraction of sp³-hybridized carbons (Fsp3) is 0.714. The topological polar surface area (TPSA) is 12.0 Å². The third kappa shape index (κ3) is 6.03. The van der Waals surface area contributed by atoms with E-state index in [1.54, 1.807) is 0 Å². The SMILES string of the molecule is CC(C)CNCCC(C)(C)Cc1sccc1Br. The van der Waals surface area contributed by atoms with Gasteiger partial charge in [-0.15, -0.1) is 11.3 Å². The molecule has 0 aromatic carbocycles. The van der Waals surface area contributed by atoms with Gasteiger partial charge >= 0.3 is 0 Å². The molecule has 1 aromatic heterocycles. The highest BCUT2D eigenvalue weighted by atomic mass is 79.9. The number of thiophene rings is 1. The monoisotopic (exact) mass is 317 g/mol. The summed E-state index contributed by atoms with van der Waals surface area (Å²) in [4.78, 5) is 1.47. The molecule has 0 aliphatic rings. The Hall–Kier alpha value is 0.140. The average Bonchev–Trinajstić information content (AvgIpc) is 2.58. The van der Waals surface area contributed by atoms with Gasteiger partial charge in [-0.1, -0.05) is 27.7 Å². The van der Waals surface area contributed by atoms with Crippen molar-refractivity contribution in [3.8, 4) is 0 Å². The zero-order valence-corrected chi connectivity index (χ0v) is 13.7. The Labute approximate surface area is 118 Å². The number of hydrogen-bond acceptors (Lipinski definition) is 2. The Morgan fingerprint density at radius 1 is 1.41 bits per heavy atom. The van der Waals surface area contributed by atoms with Gasteiger partial charge in [0.05, 0.1) is 0 Å². The third-order valence-corrected chi connectivity index (χ3v) is 4.79. The van der Waals surface area contributed by atoms with Crippen molar-refractivity contribution >= 4 is 27.3 Å². The maximum Gasteiger partial charge on any atom is 0.0314 e. The highest BCUT2D eigenvalue weighted by Crippen LogP contribution is 2.32. The summed E-state index contributed by atoms with van der Waals surface area (Å²) in [6, 6.07) is 2.15. The highest BCUT2D eigenvalue weighted by Gasteiger charge is 2.20. The van der Waals surface area contributed by atoms with Crippen LogP contribution in [0.4, 0.5) is 0 Å². The number of rotatable bonds is 7. The smallest absolute Gasteiger partial charge is 0.0314 e. The second kappa shape index (κ2) is 6.91. The van der Waals surface area contributed by atoms with E-state index in [2.05, 4.69) is 60.4 Å². The second-order valence-corrected chi connectivity index (χ2v) is 7.74. The minimum absolute atomic E-state index is 0.372. The van der Waals surface area contributed by atoms with E-state index in [-0.39, 0.29) is 0 Å². The lowest BCUT2D eigenvalue weighted by Gasteiger charge is -2.24.